The smallest absolute Gasteiger partial charge is 0.326 e. The van der Waals surface area contributed by atoms with Gasteiger partial charge in [0.25, 0.3) is 11.5 Å². The highest BCUT2D eigenvalue weighted by Crippen LogP contribution is 2.20. The highest BCUT2D eigenvalue weighted by Gasteiger charge is 2.39. The number of carbonyl (C=O) groups is 2. The molecule has 21 heavy (non-hydrogen) atoms. The van der Waals surface area contributed by atoms with Crippen LogP contribution < -0.4 is 5.56 Å². The zero-order chi connectivity index (χ0) is 15.6. The zero-order valence-corrected chi connectivity index (χ0v) is 11.6. The summed E-state index contributed by atoms with van der Waals surface area (Å²) in [4.78, 5) is 36.1. The molecule has 0 bridgehead atoms. The van der Waals surface area contributed by atoms with E-state index in [1.54, 1.807) is 0 Å². The molecule has 0 aliphatic carbocycles. The first-order valence-corrected chi connectivity index (χ1v) is 6.74. The van der Waals surface area contributed by atoms with Crippen molar-refractivity contribution >= 4 is 11.9 Å². The summed E-state index contributed by atoms with van der Waals surface area (Å²) in [6.07, 6.45) is -0.183. The van der Waals surface area contributed by atoms with E-state index in [9.17, 15) is 19.5 Å². The molecule has 114 valence electrons. The summed E-state index contributed by atoms with van der Waals surface area (Å²) in [7, 11) is 0. The standard InChI is InChI=1S/C13H17N3O5/c1-2-5-16-11(18)4-3-9(14-16)12(19)15-7-8(17)6-10(15)13(20)21/h3-4,8,10,17H,2,5-7H2,1H3,(H,20,21)/t8-,10-/m1/s1. The van der Waals surface area contributed by atoms with Crippen molar-refractivity contribution in [3.05, 3.63) is 28.2 Å². The van der Waals surface area contributed by atoms with Gasteiger partial charge in [-0.2, -0.15) is 5.10 Å². The minimum Gasteiger partial charge on any atom is -0.480 e. The van der Waals surface area contributed by atoms with Gasteiger partial charge in [-0.3, -0.25) is 9.59 Å². The number of nitrogens with zero attached hydrogens (tertiary/aromatic N) is 3. The summed E-state index contributed by atoms with van der Waals surface area (Å²) in [5, 5.41) is 22.6. The summed E-state index contributed by atoms with van der Waals surface area (Å²) < 4.78 is 1.18. The number of aryl methyl sites for hydroxylation is 1. The maximum absolute atomic E-state index is 12.3. The molecule has 2 N–H and O–H groups in total. The Morgan fingerprint density at radius 3 is 2.76 bits per heavy atom. The highest BCUT2D eigenvalue weighted by atomic mass is 16.4. The van der Waals surface area contributed by atoms with E-state index in [-0.39, 0.29) is 24.2 Å². The molecule has 1 aromatic heterocycles. The minimum absolute atomic E-state index is 0.00315. The zero-order valence-electron chi connectivity index (χ0n) is 11.6. The Labute approximate surface area is 120 Å². The van der Waals surface area contributed by atoms with Crippen molar-refractivity contribution in [2.45, 2.75) is 38.5 Å². The quantitative estimate of drug-likeness (QED) is 0.760. The Morgan fingerprint density at radius 1 is 1.43 bits per heavy atom. The Morgan fingerprint density at radius 2 is 2.14 bits per heavy atom. The van der Waals surface area contributed by atoms with Gasteiger partial charge in [-0.15, -0.1) is 0 Å². The lowest BCUT2D eigenvalue weighted by Crippen LogP contribution is -2.41. The van der Waals surface area contributed by atoms with Gasteiger partial charge in [0.15, 0.2) is 0 Å². The van der Waals surface area contributed by atoms with Gasteiger partial charge in [-0.25, -0.2) is 9.48 Å². The van der Waals surface area contributed by atoms with Crippen LogP contribution in [0, 0.1) is 0 Å². The van der Waals surface area contributed by atoms with Gasteiger partial charge in [0, 0.05) is 25.6 Å². The fraction of sp³-hybridized carbons (Fsp3) is 0.538. The molecule has 1 aliphatic rings. The fourth-order valence-corrected chi connectivity index (χ4v) is 2.35. The minimum atomic E-state index is -1.17. The Balaban J connectivity index is 2.29. The number of β-amino-alcohol motifs (C(OH)–C–C–N with tert-alkyl or cyclic N) is 1. The van der Waals surface area contributed by atoms with Crippen LogP contribution in [0.15, 0.2) is 16.9 Å². The average molecular weight is 295 g/mol. The first kappa shape index (κ1) is 15.2. The second-order valence-corrected chi connectivity index (χ2v) is 4.98. The fourth-order valence-electron chi connectivity index (χ4n) is 2.35. The van der Waals surface area contributed by atoms with Crippen LogP contribution in [0.4, 0.5) is 0 Å². The Kier molecular flexibility index (Phi) is 4.37. The number of hydrogen-bond donors (Lipinski definition) is 2. The number of aliphatic hydroxyl groups is 1. The number of hydrogen-bond acceptors (Lipinski definition) is 5. The molecule has 8 heteroatoms. The molecule has 0 radical (unpaired) electrons. The number of aromatic nitrogens is 2. The molecule has 2 atom stereocenters. The first-order valence-electron chi connectivity index (χ1n) is 6.74. The number of rotatable bonds is 4. The van der Waals surface area contributed by atoms with Gasteiger partial charge in [0.2, 0.25) is 0 Å². The van der Waals surface area contributed by atoms with Crippen molar-refractivity contribution in [2.75, 3.05) is 6.54 Å². The predicted molar refractivity (Wildman–Crippen MR) is 71.9 cm³/mol. The van der Waals surface area contributed by atoms with Crippen LogP contribution in [0.1, 0.15) is 30.3 Å². The van der Waals surface area contributed by atoms with E-state index in [1.807, 2.05) is 6.92 Å². The number of likely N-dealkylation sites (tertiary alicyclic amines) is 1. The lowest BCUT2D eigenvalue weighted by Gasteiger charge is -2.20. The second kappa shape index (κ2) is 6.04. The molecule has 0 unspecified atom stereocenters. The van der Waals surface area contributed by atoms with Gasteiger partial charge in [0.1, 0.15) is 11.7 Å². The normalized spacial score (nSPS) is 21.5. The summed E-state index contributed by atoms with van der Waals surface area (Å²) >= 11 is 0. The third-order valence-corrected chi connectivity index (χ3v) is 3.35. The highest BCUT2D eigenvalue weighted by molar-refractivity contribution is 5.95. The van der Waals surface area contributed by atoms with Crippen molar-refractivity contribution in [3.8, 4) is 0 Å². The molecule has 2 rings (SSSR count). The van der Waals surface area contributed by atoms with Crippen LogP contribution in [-0.2, 0) is 11.3 Å². The number of carboxylic acid groups (broad SMARTS) is 1. The number of carbonyl (C=O) groups excluding carboxylic acids is 1. The summed E-state index contributed by atoms with van der Waals surface area (Å²) in [6.45, 7) is 2.20. The molecule has 0 aromatic carbocycles. The van der Waals surface area contributed by atoms with Crippen molar-refractivity contribution < 1.29 is 19.8 Å². The lowest BCUT2D eigenvalue weighted by atomic mass is 10.2. The van der Waals surface area contributed by atoms with Crippen LogP contribution in [-0.4, -0.2) is 55.5 Å². The van der Waals surface area contributed by atoms with Gasteiger partial charge >= 0.3 is 5.97 Å². The van der Waals surface area contributed by atoms with Gasteiger partial charge in [-0.05, 0) is 12.5 Å². The molecule has 8 nitrogen and oxygen atoms in total. The van der Waals surface area contributed by atoms with E-state index in [0.717, 1.165) is 4.90 Å². The van der Waals surface area contributed by atoms with Crippen molar-refractivity contribution in [3.63, 3.8) is 0 Å². The summed E-state index contributed by atoms with van der Waals surface area (Å²) in [5.41, 5.74) is -0.312. The molecule has 1 aliphatic heterocycles. The topological polar surface area (TPSA) is 113 Å². The number of aliphatic hydroxyl groups excluding tert-OH is 1. The number of amides is 1. The van der Waals surface area contributed by atoms with Gasteiger partial charge < -0.3 is 15.1 Å². The van der Waals surface area contributed by atoms with Crippen molar-refractivity contribution in [2.24, 2.45) is 0 Å². The number of aliphatic carboxylic acids is 1. The average Bonchev–Trinajstić information content (AvgIpc) is 2.83. The van der Waals surface area contributed by atoms with Crippen LogP contribution in [0.25, 0.3) is 0 Å². The molecule has 0 saturated carbocycles. The SMILES string of the molecule is CCCn1nc(C(=O)N2C[C@H](O)C[C@@H]2C(=O)O)ccc1=O. The van der Waals surface area contributed by atoms with Crippen LogP contribution >= 0.6 is 0 Å². The van der Waals surface area contributed by atoms with Crippen molar-refractivity contribution in [1.29, 1.82) is 0 Å². The molecule has 1 fully saturated rings. The third kappa shape index (κ3) is 3.10. The van der Waals surface area contributed by atoms with Crippen LogP contribution in [0.3, 0.4) is 0 Å². The van der Waals surface area contributed by atoms with Crippen molar-refractivity contribution in [1.82, 2.24) is 14.7 Å². The summed E-state index contributed by atoms with van der Waals surface area (Å²) in [5.74, 6) is -1.76. The molecular formula is C13H17N3O5. The Bertz CT molecular complexity index is 612. The first-order chi connectivity index (χ1) is 9.93. The molecule has 1 amide bonds. The third-order valence-electron chi connectivity index (χ3n) is 3.35. The van der Waals surface area contributed by atoms with Crippen LogP contribution in [0.5, 0.6) is 0 Å². The summed E-state index contributed by atoms with van der Waals surface area (Å²) in [6, 6.07) is 1.44. The van der Waals surface area contributed by atoms with Gasteiger partial charge in [0.05, 0.1) is 6.10 Å². The number of carboxylic acids is 1. The monoisotopic (exact) mass is 295 g/mol. The van der Waals surface area contributed by atoms with E-state index in [1.165, 1.54) is 16.8 Å². The van der Waals surface area contributed by atoms with Gasteiger partial charge in [-0.1, -0.05) is 6.92 Å². The van der Waals surface area contributed by atoms with E-state index in [0.29, 0.717) is 13.0 Å². The van der Waals surface area contributed by atoms with E-state index in [4.69, 9.17) is 5.11 Å². The van der Waals surface area contributed by atoms with E-state index < -0.39 is 24.0 Å². The molecular weight excluding hydrogens is 278 g/mol. The molecule has 0 spiro atoms. The maximum Gasteiger partial charge on any atom is 0.326 e. The molecule has 1 aromatic rings. The van der Waals surface area contributed by atoms with E-state index in [2.05, 4.69) is 5.10 Å². The lowest BCUT2D eigenvalue weighted by molar-refractivity contribution is -0.141. The molecule has 1 saturated heterocycles. The van der Waals surface area contributed by atoms with E-state index >= 15 is 0 Å². The Hall–Kier alpha value is -2.22. The van der Waals surface area contributed by atoms with Crippen LogP contribution in [0.2, 0.25) is 0 Å². The second-order valence-electron chi connectivity index (χ2n) is 4.98. The predicted octanol–water partition coefficient (Wildman–Crippen LogP) is -0.687. The maximum atomic E-state index is 12.3. The largest absolute Gasteiger partial charge is 0.480 e. The molecule has 2 heterocycles.